The summed E-state index contributed by atoms with van der Waals surface area (Å²) in [5.74, 6) is 1.64. The molecule has 180 valence electrons. The third-order valence-electron chi connectivity index (χ3n) is 5.98. The maximum Gasteiger partial charge on any atom is 0.251 e. The molecule has 1 amide bonds. The van der Waals surface area contributed by atoms with Crippen molar-refractivity contribution in [2.45, 2.75) is 13.5 Å². The van der Waals surface area contributed by atoms with E-state index in [4.69, 9.17) is 9.47 Å². The van der Waals surface area contributed by atoms with Gasteiger partial charge in [0.2, 0.25) is 0 Å². The summed E-state index contributed by atoms with van der Waals surface area (Å²) in [5, 5.41) is 7.97. The summed E-state index contributed by atoms with van der Waals surface area (Å²) in [6, 6.07) is 14.9. The molecule has 2 aromatic carbocycles. The molecule has 0 saturated heterocycles. The van der Waals surface area contributed by atoms with Gasteiger partial charge in [-0.2, -0.15) is 5.10 Å². The van der Waals surface area contributed by atoms with Crippen LogP contribution in [0.3, 0.4) is 0 Å². The molecule has 0 unspecified atom stereocenters. The van der Waals surface area contributed by atoms with E-state index in [2.05, 4.69) is 20.4 Å². The van der Waals surface area contributed by atoms with E-state index in [0.29, 0.717) is 29.4 Å². The Morgan fingerprint density at radius 1 is 1.00 bits per heavy atom. The number of carbonyl (C=O) groups excluding carboxylic acids is 1. The van der Waals surface area contributed by atoms with Gasteiger partial charge in [-0.15, -0.1) is 0 Å². The second-order valence-corrected chi connectivity index (χ2v) is 8.35. The Kier molecular flexibility index (Phi) is 6.32. The lowest BCUT2D eigenvalue weighted by molar-refractivity contribution is 0.0950. The molecule has 0 fully saturated rings. The first-order valence-corrected chi connectivity index (χ1v) is 11.4. The number of amides is 1. The van der Waals surface area contributed by atoms with Gasteiger partial charge < -0.3 is 14.8 Å². The molecule has 0 spiro atoms. The van der Waals surface area contributed by atoms with E-state index in [9.17, 15) is 4.79 Å². The second-order valence-electron chi connectivity index (χ2n) is 8.35. The zero-order valence-electron chi connectivity index (χ0n) is 20.2. The number of nitrogens with one attached hydrogen (secondary N) is 1. The van der Waals surface area contributed by atoms with Crippen molar-refractivity contribution in [3.63, 3.8) is 0 Å². The average molecular weight is 480 g/mol. The van der Waals surface area contributed by atoms with E-state index < -0.39 is 0 Å². The number of benzene rings is 2. The van der Waals surface area contributed by atoms with Crippen LogP contribution < -0.4 is 14.8 Å². The number of hydrogen-bond acceptors (Lipinski definition) is 6. The van der Waals surface area contributed by atoms with Crippen molar-refractivity contribution < 1.29 is 14.3 Å². The SMILES string of the molecule is COc1cc(-c2cnn(C)c2)cc2nccc(Oc3cccc(C(=O)NCc4ccncc4)c3C)c12. The number of ether oxygens (including phenoxy) is 2. The molecule has 0 aliphatic carbocycles. The molecule has 3 aromatic heterocycles. The molecule has 36 heavy (non-hydrogen) atoms. The third-order valence-corrected chi connectivity index (χ3v) is 5.98. The van der Waals surface area contributed by atoms with Crippen LogP contribution in [0, 0.1) is 6.92 Å². The number of pyridine rings is 2. The predicted octanol–water partition coefficient (Wildman–Crippen LogP) is 5.07. The number of fused-ring (bicyclic) bond motifs is 1. The molecule has 5 rings (SSSR count). The van der Waals surface area contributed by atoms with E-state index in [1.807, 2.05) is 56.6 Å². The van der Waals surface area contributed by atoms with Crippen molar-refractivity contribution in [3.8, 4) is 28.4 Å². The highest BCUT2D eigenvalue weighted by atomic mass is 16.5. The van der Waals surface area contributed by atoms with Gasteiger partial charge in [0, 0.05) is 55.1 Å². The summed E-state index contributed by atoms with van der Waals surface area (Å²) in [6.07, 6.45) is 8.85. The third kappa shape index (κ3) is 4.61. The number of carbonyl (C=O) groups is 1. The quantitative estimate of drug-likeness (QED) is 0.350. The summed E-state index contributed by atoms with van der Waals surface area (Å²) in [4.78, 5) is 21.5. The Labute approximate surface area is 208 Å². The Balaban J connectivity index is 1.46. The summed E-state index contributed by atoms with van der Waals surface area (Å²) in [7, 11) is 3.50. The first-order valence-electron chi connectivity index (χ1n) is 11.4. The van der Waals surface area contributed by atoms with Crippen LogP contribution in [-0.2, 0) is 13.6 Å². The number of nitrogens with zero attached hydrogens (tertiary/aromatic N) is 4. The first kappa shape index (κ1) is 23.0. The van der Waals surface area contributed by atoms with Crippen LogP contribution in [0.4, 0.5) is 0 Å². The van der Waals surface area contributed by atoms with Crippen molar-refractivity contribution in [3.05, 3.63) is 96.2 Å². The van der Waals surface area contributed by atoms with Crippen LogP contribution in [0.25, 0.3) is 22.0 Å². The van der Waals surface area contributed by atoms with Gasteiger partial charge in [-0.25, -0.2) is 0 Å². The lowest BCUT2D eigenvalue weighted by Crippen LogP contribution is -2.23. The smallest absolute Gasteiger partial charge is 0.251 e. The maximum atomic E-state index is 12.9. The molecule has 0 aliphatic rings. The molecule has 8 heteroatoms. The summed E-state index contributed by atoms with van der Waals surface area (Å²) in [6.45, 7) is 2.29. The Morgan fingerprint density at radius 2 is 1.83 bits per heavy atom. The number of hydrogen-bond donors (Lipinski definition) is 1. The molecule has 0 saturated carbocycles. The largest absolute Gasteiger partial charge is 0.496 e. The lowest BCUT2D eigenvalue weighted by atomic mass is 10.0. The van der Waals surface area contributed by atoms with Gasteiger partial charge in [-0.1, -0.05) is 6.07 Å². The van der Waals surface area contributed by atoms with Crippen LogP contribution in [0.15, 0.2) is 79.5 Å². The van der Waals surface area contributed by atoms with Gasteiger partial charge in [-0.05, 0) is 60.5 Å². The molecule has 8 nitrogen and oxygen atoms in total. The fourth-order valence-electron chi connectivity index (χ4n) is 4.07. The number of aryl methyl sites for hydroxylation is 1. The first-order chi connectivity index (χ1) is 17.5. The molecular formula is C28H25N5O3. The van der Waals surface area contributed by atoms with Crippen molar-refractivity contribution in [2.24, 2.45) is 7.05 Å². The molecule has 3 heterocycles. The molecular weight excluding hydrogens is 454 g/mol. The predicted molar refractivity (Wildman–Crippen MR) is 137 cm³/mol. The summed E-state index contributed by atoms with van der Waals surface area (Å²) in [5.41, 5.74) is 4.90. The fraction of sp³-hybridized carbons (Fsp3) is 0.143. The zero-order chi connectivity index (χ0) is 25.1. The average Bonchev–Trinajstić information content (AvgIpc) is 3.34. The lowest BCUT2D eigenvalue weighted by Gasteiger charge is -2.16. The second kappa shape index (κ2) is 9.87. The van der Waals surface area contributed by atoms with E-state index in [-0.39, 0.29) is 5.91 Å². The van der Waals surface area contributed by atoms with E-state index in [0.717, 1.165) is 33.2 Å². The highest BCUT2D eigenvalue weighted by Gasteiger charge is 2.17. The van der Waals surface area contributed by atoms with E-state index in [1.165, 1.54) is 0 Å². The monoisotopic (exact) mass is 479 g/mol. The maximum absolute atomic E-state index is 12.9. The van der Waals surface area contributed by atoms with Gasteiger partial charge in [0.15, 0.2) is 0 Å². The van der Waals surface area contributed by atoms with Crippen LogP contribution in [-0.4, -0.2) is 32.8 Å². The minimum atomic E-state index is -0.173. The fourth-order valence-corrected chi connectivity index (χ4v) is 4.07. The van der Waals surface area contributed by atoms with Gasteiger partial charge in [0.1, 0.15) is 17.2 Å². The summed E-state index contributed by atoms with van der Waals surface area (Å²) < 4.78 is 13.8. The minimum Gasteiger partial charge on any atom is -0.496 e. The van der Waals surface area contributed by atoms with Gasteiger partial charge >= 0.3 is 0 Å². The highest BCUT2D eigenvalue weighted by molar-refractivity contribution is 5.97. The van der Waals surface area contributed by atoms with E-state index in [1.54, 1.807) is 48.7 Å². The topological polar surface area (TPSA) is 91.2 Å². The van der Waals surface area contributed by atoms with Gasteiger partial charge in [0.05, 0.1) is 24.2 Å². The normalized spacial score (nSPS) is 10.9. The standard InChI is InChI=1S/C28H25N5O3/c1-18-22(28(34)31-15-19-7-10-29-11-8-19)5-4-6-24(18)36-25-9-12-30-23-13-20(14-26(35-3)27(23)25)21-16-32-33(2)17-21/h4-14,16-17H,15H2,1-3H3,(H,31,34). The van der Waals surface area contributed by atoms with Crippen LogP contribution in [0.1, 0.15) is 21.5 Å². The molecule has 0 radical (unpaired) electrons. The Bertz CT molecular complexity index is 1550. The Hall–Kier alpha value is -4.72. The van der Waals surface area contributed by atoms with E-state index >= 15 is 0 Å². The highest BCUT2D eigenvalue weighted by Crippen LogP contribution is 2.39. The van der Waals surface area contributed by atoms with Gasteiger partial charge in [-0.3, -0.25) is 19.4 Å². The number of methoxy groups -OCH3 is 1. The number of aromatic nitrogens is 4. The van der Waals surface area contributed by atoms with Crippen molar-refractivity contribution >= 4 is 16.8 Å². The molecule has 0 atom stereocenters. The minimum absolute atomic E-state index is 0.173. The van der Waals surface area contributed by atoms with Crippen molar-refractivity contribution in [1.29, 1.82) is 0 Å². The van der Waals surface area contributed by atoms with Crippen LogP contribution in [0.5, 0.6) is 17.2 Å². The van der Waals surface area contributed by atoms with Crippen LogP contribution in [0.2, 0.25) is 0 Å². The number of rotatable bonds is 7. The molecule has 0 bridgehead atoms. The molecule has 1 N–H and O–H groups in total. The summed E-state index contributed by atoms with van der Waals surface area (Å²) >= 11 is 0. The Morgan fingerprint density at radius 3 is 2.58 bits per heavy atom. The molecule has 0 aliphatic heterocycles. The zero-order valence-corrected chi connectivity index (χ0v) is 20.2. The van der Waals surface area contributed by atoms with Gasteiger partial charge in [0.25, 0.3) is 5.91 Å². The van der Waals surface area contributed by atoms with Crippen molar-refractivity contribution in [1.82, 2.24) is 25.1 Å². The van der Waals surface area contributed by atoms with Crippen molar-refractivity contribution in [2.75, 3.05) is 7.11 Å². The van der Waals surface area contributed by atoms with Crippen LogP contribution >= 0.6 is 0 Å². The molecule has 5 aromatic rings.